The van der Waals surface area contributed by atoms with Gasteiger partial charge in [0.15, 0.2) is 0 Å². The summed E-state index contributed by atoms with van der Waals surface area (Å²) in [5, 5.41) is 10.5. The van der Waals surface area contributed by atoms with Crippen molar-refractivity contribution in [2.24, 2.45) is 0 Å². The summed E-state index contributed by atoms with van der Waals surface area (Å²) >= 11 is 10.9. The Morgan fingerprint density at radius 3 is 2.78 bits per heavy atom. The van der Waals surface area contributed by atoms with Crippen LogP contribution in [0.1, 0.15) is 22.1 Å². The summed E-state index contributed by atoms with van der Waals surface area (Å²) in [6.45, 7) is 1.93. The summed E-state index contributed by atoms with van der Waals surface area (Å²) in [5.74, 6) is -0.381. The molecule has 0 aliphatic carbocycles. The van der Waals surface area contributed by atoms with E-state index in [9.17, 15) is 9.50 Å². The van der Waals surface area contributed by atoms with E-state index in [1.54, 1.807) is 23.5 Å². The Hall–Kier alpha value is -0.420. The molecule has 0 amide bonds. The van der Waals surface area contributed by atoms with Crippen molar-refractivity contribution in [2.45, 2.75) is 19.4 Å². The van der Waals surface area contributed by atoms with Crippen molar-refractivity contribution in [3.8, 4) is 0 Å². The van der Waals surface area contributed by atoms with Gasteiger partial charge in [-0.2, -0.15) is 0 Å². The van der Waals surface area contributed by atoms with Crippen LogP contribution in [0.5, 0.6) is 0 Å². The number of benzene rings is 1. The van der Waals surface area contributed by atoms with Gasteiger partial charge in [0.25, 0.3) is 0 Å². The van der Waals surface area contributed by atoms with Gasteiger partial charge in [0, 0.05) is 21.9 Å². The Morgan fingerprint density at radius 2 is 2.22 bits per heavy atom. The number of aliphatic hydroxyl groups is 1. The van der Waals surface area contributed by atoms with Crippen LogP contribution in [0.15, 0.2) is 28.1 Å². The first-order chi connectivity index (χ1) is 8.49. The van der Waals surface area contributed by atoms with E-state index in [1.165, 1.54) is 6.07 Å². The molecule has 1 heterocycles. The van der Waals surface area contributed by atoms with Crippen LogP contribution in [0, 0.1) is 12.7 Å². The zero-order valence-corrected chi connectivity index (χ0v) is 12.7. The normalized spacial score (nSPS) is 12.7. The highest BCUT2D eigenvalue weighted by atomic mass is 79.9. The number of hydrogen-bond acceptors (Lipinski definition) is 2. The van der Waals surface area contributed by atoms with Crippen molar-refractivity contribution >= 4 is 38.9 Å². The van der Waals surface area contributed by atoms with Gasteiger partial charge < -0.3 is 5.11 Å². The van der Waals surface area contributed by atoms with Gasteiger partial charge in [0.05, 0.1) is 9.89 Å². The summed E-state index contributed by atoms with van der Waals surface area (Å²) in [5.41, 5.74) is 1.17. The molecule has 5 heteroatoms. The third-order valence-electron chi connectivity index (χ3n) is 2.74. The Kier molecular flexibility index (Phi) is 4.43. The second-order valence-corrected chi connectivity index (χ2v) is 7.02. The first kappa shape index (κ1) is 14.0. The predicted octanol–water partition coefficient (Wildman–Crippen LogP) is 4.89. The molecule has 1 unspecified atom stereocenters. The molecule has 0 saturated carbocycles. The molecule has 0 bridgehead atoms. The predicted molar refractivity (Wildman–Crippen MR) is 76.8 cm³/mol. The first-order valence-corrected chi connectivity index (χ1v) is 7.34. The summed E-state index contributed by atoms with van der Waals surface area (Å²) in [6, 6.07) is 6.40. The first-order valence-electron chi connectivity index (χ1n) is 5.36. The summed E-state index contributed by atoms with van der Waals surface area (Å²) < 4.78 is 14.6. The lowest BCUT2D eigenvalue weighted by molar-refractivity contribution is 0.177. The molecule has 0 fully saturated rings. The third kappa shape index (κ3) is 2.94. The molecule has 18 heavy (non-hydrogen) atoms. The molecule has 1 aromatic carbocycles. The molecule has 1 nitrogen and oxygen atoms in total. The van der Waals surface area contributed by atoms with Crippen LogP contribution in [0.3, 0.4) is 0 Å². The number of thiophene rings is 1. The largest absolute Gasteiger partial charge is 0.388 e. The fourth-order valence-electron chi connectivity index (χ4n) is 1.82. The molecule has 1 N–H and O–H groups in total. The number of aliphatic hydroxyl groups excluding tert-OH is 1. The smallest absolute Gasteiger partial charge is 0.127 e. The summed E-state index contributed by atoms with van der Waals surface area (Å²) in [4.78, 5) is 1.02. The van der Waals surface area contributed by atoms with Crippen molar-refractivity contribution in [2.75, 3.05) is 0 Å². The summed E-state index contributed by atoms with van der Waals surface area (Å²) in [6.07, 6.45) is -0.572. The molecule has 1 atom stereocenters. The van der Waals surface area contributed by atoms with E-state index in [-0.39, 0.29) is 12.2 Å². The van der Waals surface area contributed by atoms with Crippen LogP contribution in [0.2, 0.25) is 5.02 Å². The monoisotopic (exact) mass is 348 g/mol. The number of rotatable bonds is 3. The zero-order valence-electron chi connectivity index (χ0n) is 9.58. The van der Waals surface area contributed by atoms with Crippen LogP contribution in [-0.4, -0.2) is 5.11 Å². The van der Waals surface area contributed by atoms with Crippen LogP contribution < -0.4 is 0 Å². The molecule has 0 saturated heterocycles. The van der Waals surface area contributed by atoms with Crippen LogP contribution >= 0.6 is 38.9 Å². The van der Waals surface area contributed by atoms with Crippen molar-refractivity contribution in [1.82, 2.24) is 0 Å². The second kappa shape index (κ2) is 5.70. The van der Waals surface area contributed by atoms with Crippen molar-refractivity contribution in [1.29, 1.82) is 0 Å². The number of hydrogen-bond donors (Lipinski definition) is 1. The average Bonchev–Trinajstić information content (AvgIpc) is 2.63. The van der Waals surface area contributed by atoms with Crippen LogP contribution in [0.4, 0.5) is 4.39 Å². The molecule has 0 aliphatic rings. The Bertz CT molecular complexity index is 550. The van der Waals surface area contributed by atoms with E-state index in [0.717, 1.165) is 14.2 Å². The van der Waals surface area contributed by atoms with E-state index in [1.807, 2.05) is 13.0 Å². The Labute approximate surface area is 122 Å². The molecule has 0 aliphatic heterocycles. The molecule has 0 radical (unpaired) electrons. The lowest BCUT2D eigenvalue weighted by Crippen LogP contribution is -2.04. The van der Waals surface area contributed by atoms with E-state index in [0.29, 0.717) is 10.6 Å². The highest BCUT2D eigenvalue weighted by Gasteiger charge is 2.17. The molecule has 1 aromatic heterocycles. The van der Waals surface area contributed by atoms with Gasteiger partial charge in [0.1, 0.15) is 5.82 Å². The average molecular weight is 350 g/mol. The quantitative estimate of drug-likeness (QED) is 0.836. The van der Waals surface area contributed by atoms with Gasteiger partial charge in [0.2, 0.25) is 0 Å². The molecule has 2 rings (SSSR count). The molecule has 96 valence electrons. The van der Waals surface area contributed by atoms with Gasteiger partial charge in [-0.1, -0.05) is 17.7 Å². The Balaban J connectivity index is 2.26. The number of aryl methyl sites for hydroxylation is 1. The molecular formula is C13H11BrClFOS. The van der Waals surface area contributed by atoms with E-state index < -0.39 is 6.10 Å². The minimum absolute atomic E-state index is 0.176. The lowest BCUT2D eigenvalue weighted by Gasteiger charge is -2.12. The third-order valence-corrected chi connectivity index (χ3v) is 4.67. The zero-order chi connectivity index (χ0) is 13.3. The highest BCUT2D eigenvalue weighted by Crippen LogP contribution is 2.33. The standard InChI is InChI=1S/C13H11BrClFOS/c1-7-8(6-13(14)18-7)12(17)5-9-10(15)3-2-4-11(9)16/h2-4,6,12,17H,5H2,1H3. The van der Waals surface area contributed by atoms with Crippen LogP contribution in [0.25, 0.3) is 0 Å². The minimum Gasteiger partial charge on any atom is -0.388 e. The van der Waals surface area contributed by atoms with Gasteiger partial charge in [-0.05, 0) is 46.6 Å². The van der Waals surface area contributed by atoms with E-state index in [2.05, 4.69) is 15.9 Å². The Morgan fingerprint density at radius 1 is 1.50 bits per heavy atom. The van der Waals surface area contributed by atoms with E-state index >= 15 is 0 Å². The maximum absolute atomic E-state index is 13.6. The second-order valence-electron chi connectivity index (χ2n) is 3.98. The highest BCUT2D eigenvalue weighted by molar-refractivity contribution is 9.11. The molecule has 0 spiro atoms. The van der Waals surface area contributed by atoms with Crippen LogP contribution in [-0.2, 0) is 6.42 Å². The van der Waals surface area contributed by atoms with Gasteiger partial charge >= 0.3 is 0 Å². The van der Waals surface area contributed by atoms with Crippen molar-refractivity contribution in [3.05, 3.63) is 54.9 Å². The van der Waals surface area contributed by atoms with Gasteiger partial charge in [-0.15, -0.1) is 11.3 Å². The fourth-order valence-corrected chi connectivity index (χ4v) is 3.83. The summed E-state index contributed by atoms with van der Waals surface area (Å²) in [7, 11) is 0. The van der Waals surface area contributed by atoms with Gasteiger partial charge in [-0.25, -0.2) is 4.39 Å². The molecule has 2 aromatic rings. The maximum Gasteiger partial charge on any atom is 0.127 e. The minimum atomic E-state index is -0.748. The topological polar surface area (TPSA) is 20.2 Å². The van der Waals surface area contributed by atoms with Crippen molar-refractivity contribution < 1.29 is 9.50 Å². The lowest BCUT2D eigenvalue weighted by atomic mass is 10.0. The van der Waals surface area contributed by atoms with E-state index in [4.69, 9.17) is 11.6 Å². The molecular weight excluding hydrogens is 339 g/mol. The van der Waals surface area contributed by atoms with Gasteiger partial charge in [-0.3, -0.25) is 0 Å². The number of halogens is 3. The fraction of sp³-hybridized carbons (Fsp3) is 0.231. The maximum atomic E-state index is 13.6. The van der Waals surface area contributed by atoms with Crippen molar-refractivity contribution in [3.63, 3.8) is 0 Å². The SMILES string of the molecule is Cc1sc(Br)cc1C(O)Cc1c(F)cccc1Cl.